The van der Waals surface area contributed by atoms with Crippen LogP contribution in [0.2, 0.25) is 0 Å². The Morgan fingerprint density at radius 2 is 2.25 bits per heavy atom. The summed E-state index contributed by atoms with van der Waals surface area (Å²) >= 11 is 1.63. The molecule has 1 fully saturated rings. The molecule has 0 aromatic carbocycles. The van der Waals surface area contributed by atoms with Crippen molar-refractivity contribution in [2.24, 2.45) is 5.92 Å². The third-order valence-corrected chi connectivity index (χ3v) is 6.58. The predicted molar refractivity (Wildman–Crippen MR) is 124 cm³/mol. The van der Waals surface area contributed by atoms with E-state index >= 15 is 0 Å². The summed E-state index contributed by atoms with van der Waals surface area (Å²) in [6, 6.07) is 4.04. The number of carbonyl (C=O) groups is 2. The van der Waals surface area contributed by atoms with E-state index < -0.39 is 0 Å². The zero-order valence-corrected chi connectivity index (χ0v) is 19.2. The van der Waals surface area contributed by atoms with Crippen molar-refractivity contribution < 1.29 is 9.59 Å². The first-order valence-electron chi connectivity index (χ1n) is 11.1. The Balaban J connectivity index is 1.58. The summed E-state index contributed by atoms with van der Waals surface area (Å²) in [6.45, 7) is 5.24. The zero-order chi connectivity index (χ0) is 22.5. The lowest BCUT2D eigenvalue weighted by atomic mass is 9.99. The van der Waals surface area contributed by atoms with Crippen molar-refractivity contribution in [3.05, 3.63) is 46.7 Å². The van der Waals surface area contributed by atoms with Crippen LogP contribution in [-0.2, 0) is 11.2 Å². The Morgan fingerprint density at radius 1 is 1.38 bits per heavy atom. The van der Waals surface area contributed by atoms with E-state index in [0.29, 0.717) is 37.4 Å². The summed E-state index contributed by atoms with van der Waals surface area (Å²) in [5, 5.41) is 12.4. The highest BCUT2D eigenvalue weighted by molar-refractivity contribution is 7.13. The number of hydrogen-bond donors (Lipinski definition) is 2. The van der Waals surface area contributed by atoms with E-state index in [2.05, 4.69) is 27.6 Å². The molecule has 0 bridgehead atoms. The number of thiophene rings is 1. The molecule has 1 atom stereocenters. The fourth-order valence-electron chi connectivity index (χ4n) is 3.81. The van der Waals surface area contributed by atoms with E-state index in [1.807, 2.05) is 24.4 Å². The van der Waals surface area contributed by atoms with E-state index in [4.69, 9.17) is 4.98 Å². The van der Waals surface area contributed by atoms with E-state index in [1.165, 1.54) is 0 Å². The maximum Gasteiger partial charge on any atom is 0.254 e. The topological polar surface area (TPSA) is 102 Å². The van der Waals surface area contributed by atoms with Gasteiger partial charge in [0.05, 0.1) is 28.0 Å². The van der Waals surface area contributed by atoms with Gasteiger partial charge in [-0.3, -0.25) is 9.59 Å². The summed E-state index contributed by atoms with van der Waals surface area (Å²) in [6.07, 6.45) is 7.36. The molecule has 4 heterocycles. The van der Waals surface area contributed by atoms with E-state index in [1.54, 1.807) is 28.4 Å². The van der Waals surface area contributed by atoms with Gasteiger partial charge >= 0.3 is 0 Å². The largest absolute Gasteiger partial charge is 0.356 e. The average molecular weight is 453 g/mol. The number of piperidine rings is 1. The minimum absolute atomic E-state index is 0.0794. The predicted octanol–water partition coefficient (Wildman–Crippen LogP) is 3.30. The molecule has 8 nitrogen and oxygen atoms in total. The van der Waals surface area contributed by atoms with Crippen LogP contribution < -0.4 is 10.6 Å². The van der Waals surface area contributed by atoms with Crippen LogP contribution in [0.15, 0.2) is 29.9 Å². The molecule has 1 unspecified atom stereocenters. The Labute approximate surface area is 191 Å². The highest BCUT2D eigenvalue weighted by atomic mass is 32.1. The molecule has 0 spiro atoms. The second-order valence-electron chi connectivity index (χ2n) is 8.12. The van der Waals surface area contributed by atoms with Crippen LogP contribution >= 0.6 is 11.3 Å². The average Bonchev–Trinajstić information content (AvgIpc) is 3.48. The smallest absolute Gasteiger partial charge is 0.254 e. The minimum Gasteiger partial charge on any atom is -0.356 e. The lowest BCUT2D eigenvalue weighted by Crippen LogP contribution is -2.40. The van der Waals surface area contributed by atoms with Crippen molar-refractivity contribution >= 4 is 23.2 Å². The van der Waals surface area contributed by atoms with Gasteiger partial charge in [-0.1, -0.05) is 19.4 Å². The van der Waals surface area contributed by atoms with Crippen molar-refractivity contribution in [3.63, 3.8) is 0 Å². The third-order valence-electron chi connectivity index (χ3n) is 5.70. The number of nitrogens with one attached hydrogen (secondary N) is 2. The summed E-state index contributed by atoms with van der Waals surface area (Å²) in [5.74, 6) is 0.652. The molecular weight excluding hydrogens is 424 g/mol. The molecule has 0 aliphatic carbocycles. The number of aromatic nitrogens is 4. The van der Waals surface area contributed by atoms with E-state index in [0.717, 1.165) is 41.1 Å². The SMILES string of the molecule is CCCCc1c(C(=O)NCC2CCC(=O)NC2)cnn1-c1ncc(C)c(-c2cccs2)n1. The second kappa shape index (κ2) is 10.0. The highest BCUT2D eigenvalue weighted by Gasteiger charge is 2.23. The number of hydrogen-bond acceptors (Lipinski definition) is 6. The molecule has 4 rings (SSSR count). The van der Waals surface area contributed by atoms with Crippen LogP contribution in [0.4, 0.5) is 0 Å². The van der Waals surface area contributed by atoms with Crippen LogP contribution in [0.1, 0.15) is 54.2 Å². The number of nitrogens with zero attached hydrogens (tertiary/aromatic N) is 4. The first-order chi connectivity index (χ1) is 15.6. The van der Waals surface area contributed by atoms with Gasteiger partial charge in [0.1, 0.15) is 0 Å². The van der Waals surface area contributed by atoms with Crippen LogP contribution in [0.3, 0.4) is 0 Å². The van der Waals surface area contributed by atoms with E-state index in [9.17, 15) is 9.59 Å². The van der Waals surface area contributed by atoms with Gasteiger partial charge in [0.2, 0.25) is 5.91 Å². The van der Waals surface area contributed by atoms with Gasteiger partial charge in [-0.2, -0.15) is 5.10 Å². The maximum absolute atomic E-state index is 13.0. The number of carbonyl (C=O) groups excluding carboxylic acids is 2. The number of unbranched alkanes of at least 4 members (excludes halogenated alkanes) is 1. The maximum atomic E-state index is 13.0. The quantitative estimate of drug-likeness (QED) is 0.546. The zero-order valence-electron chi connectivity index (χ0n) is 18.4. The number of amides is 2. The molecule has 2 amide bonds. The number of aryl methyl sites for hydroxylation is 1. The summed E-state index contributed by atoms with van der Waals surface area (Å²) in [4.78, 5) is 34.7. The molecule has 168 valence electrons. The van der Waals surface area contributed by atoms with Crippen LogP contribution in [-0.4, -0.2) is 44.7 Å². The van der Waals surface area contributed by atoms with Gasteiger partial charge in [0, 0.05) is 25.7 Å². The Hall–Kier alpha value is -3.07. The van der Waals surface area contributed by atoms with Gasteiger partial charge in [-0.25, -0.2) is 14.6 Å². The van der Waals surface area contributed by atoms with Crippen molar-refractivity contribution in [1.29, 1.82) is 0 Å². The van der Waals surface area contributed by atoms with Crippen LogP contribution in [0.5, 0.6) is 0 Å². The summed E-state index contributed by atoms with van der Waals surface area (Å²) < 4.78 is 1.70. The first kappa shape index (κ1) is 22.1. The Morgan fingerprint density at radius 3 is 2.97 bits per heavy atom. The molecule has 32 heavy (non-hydrogen) atoms. The first-order valence-corrected chi connectivity index (χ1v) is 11.9. The number of rotatable bonds is 8. The monoisotopic (exact) mass is 452 g/mol. The van der Waals surface area contributed by atoms with Gasteiger partial charge in [0.25, 0.3) is 11.9 Å². The Kier molecular flexibility index (Phi) is 6.94. The van der Waals surface area contributed by atoms with Gasteiger partial charge in [-0.05, 0) is 49.1 Å². The molecule has 9 heteroatoms. The van der Waals surface area contributed by atoms with Crippen molar-refractivity contribution in [2.45, 2.75) is 46.0 Å². The normalized spacial score (nSPS) is 16.1. The lowest BCUT2D eigenvalue weighted by molar-refractivity contribution is -0.122. The molecule has 2 N–H and O–H groups in total. The molecule has 1 aliphatic heterocycles. The fraction of sp³-hybridized carbons (Fsp3) is 0.435. The third kappa shape index (κ3) is 4.88. The molecule has 0 radical (unpaired) electrons. The van der Waals surface area contributed by atoms with Gasteiger partial charge in [0.15, 0.2) is 0 Å². The molecule has 3 aromatic heterocycles. The molecule has 1 aliphatic rings. The van der Waals surface area contributed by atoms with Crippen LogP contribution in [0, 0.1) is 12.8 Å². The van der Waals surface area contributed by atoms with Gasteiger partial charge in [-0.15, -0.1) is 11.3 Å². The second-order valence-corrected chi connectivity index (χ2v) is 9.07. The summed E-state index contributed by atoms with van der Waals surface area (Å²) in [7, 11) is 0. The Bertz CT molecular complexity index is 1080. The van der Waals surface area contributed by atoms with Crippen molar-refractivity contribution in [3.8, 4) is 16.5 Å². The van der Waals surface area contributed by atoms with Crippen LogP contribution in [0.25, 0.3) is 16.5 Å². The molecule has 0 saturated carbocycles. The van der Waals surface area contributed by atoms with E-state index in [-0.39, 0.29) is 17.7 Å². The molecule has 1 saturated heterocycles. The summed E-state index contributed by atoms with van der Waals surface area (Å²) in [5.41, 5.74) is 3.26. The molecule has 3 aromatic rings. The molecular formula is C23H28N6O2S. The minimum atomic E-state index is -0.148. The van der Waals surface area contributed by atoms with Crippen molar-refractivity contribution in [1.82, 2.24) is 30.4 Å². The standard InChI is InChI=1S/C23H28N6O2S/c1-3-4-6-18-17(22(31)25-13-16-8-9-20(30)24-12-16)14-27-29(18)23-26-11-15(2)21(28-23)19-7-5-10-32-19/h5,7,10-11,14,16H,3-4,6,8-9,12-13H2,1-2H3,(H,24,30)(H,25,31). The van der Waals surface area contributed by atoms with Crippen molar-refractivity contribution in [2.75, 3.05) is 13.1 Å². The van der Waals surface area contributed by atoms with Gasteiger partial charge < -0.3 is 10.6 Å². The highest BCUT2D eigenvalue weighted by Crippen LogP contribution is 2.26. The fourth-order valence-corrected chi connectivity index (χ4v) is 4.59. The lowest BCUT2D eigenvalue weighted by Gasteiger charge is -2.22.